The second-order valence-corrected chi connectivity index (χ2v) is 4.37. The van der Waals surface area contributed by atoms with Crippen LogP contribution >= 0.6 is 0 Å². The van der Waals surface area contributed by atoms with Crippen LogP contribution in [0.1, 0.15) is 27.7 Å². The molecule has 1 atom stereocenters. The minimum Gasteiger partial charge on any atom is -0.473 e. The number of hydrogen-bond acceptors (Lipinski definition) is 6. The zero-order valence-electron chi connectivity index (χ0n) is 11.7. The number of ether oxygens (including phenoxy) is 1. The normalized spacial score (nSPS) is 12.1. The molecule has 0 bridgehead atoms. The summed E-state index contributed by atoms with van der Waals surface area (Å²) in [5.74, 6) is 0.590. The molecular formula is C12H21N5O2. The molecule has 19 heavy (non-hydrogen) atoms. The van der Waals surface area contributed by atoms with Crippen molar-refractivity contribution >= 4 is 17.4 Å². The highest BCUT2D eigenvalue weighted by Gasteiger charge is 2.16. The Bertz CT molecular complexity index is 436. The minimum absolute atomic E-state index is 0.0362. The Labute approximate surface area is 113 Å². The first-order valence-electron chi connectivity index (χ1n) is 6.27. The van der Waals surface area contributed by atoms with Crippen molar-refractivity contribution in [3.63, 3.8) is 0 Å². The lowest BCUT2D eigenvalue weighted by molar-refractivity contribution is -0.121. The molecule has 0 radical (unpaired) electrons. The van der Waals surface area contributed by atoms with Crippen LogP contribution in [-0.2, 0) is 4.79 Å². The van der Waals surface area contributed by atoms with E-state index in [0.717, 1.165) is 0 Å². The number of nitrogens with two attached hydrogens (primary N) is 1. The van der Waals surface area contributed by atoms with Crippen molar-refractivity contribution in [3.8, 4) is 5.88 Å². The highest BCUT2D eigenvalue weighted by molar-refractivity contribution is 5.85. The molecule has 1 heterocycles. The van der Waals surface area contributed by atoms with E-state index >= 15 is 0 Å². The second-order valence-electron chi connectivity index (χ2n) is 4.37. The van der Waals surface area contributed by atoms with Gasteiger partial charge in [-0.05, 0) is 27.7 Å². The van der Waals surface area contributed by atoms with Crippen molar-refractivity contribution in [1.82, 2.24) is 15.3 Å². The van der Waals surface area contributed by atoms with Crippen molar-refractivity contribution in [2.45, 2.75) is 39.8 Å². The van der Waals surface area contributed by atoms with Crippen LogP contribution < -0.4 is 21.1 Å². The molecule has 4 N–H and O–H groups in total. The van der Waals surface area contributed by atoms with Crippen LogP contribution in [0.4, 0.5) is 11.5 Å². The Morgan fingerprint density at radius 2 is 2.11 bits per heavy atom. The van der Waals surface area contributed by atoms with Crippen LogP contribution in [0.3, 0.4) is 0 Å². The number of nitrogen functional groups attached to an aromatic ring is 1. The van der Waals surface area contributed by atoms with Crippen molar-refractivity contribution in [2.75, 3.05) is 17.6 Å². The fourth-order valence-corrected chi connectivity index (χ4v) is 1.41. The highest BCUT2D eigenvalue weighted by atomic mass is 16.5. The topological polar surface area (TPSA) is 102 Å². The predicted octanol–water partition coefficient (Wildman–Crippen LogP) is 0.782. The Balaban J connectivity index is 2.81. The first-order valence-corrected chi connectivity index (χ1v) is 6.27. The maximum absolute atomic E-state index is 11.6. The Kier molecular flexibility index (Phi) is 5.35. The summed E-state index contributed by atoms with van der Waals surface area (Å²) in [6.07, 6.45) is 1.31. The van der Waals surface area contributed by atoms with Gasteiger partial charge in [-0.3, -0.25) is 4.79 Å². The van der Waals surface area contributed by atoms with Crippen LogP contribution in [0, 0.1) is 0 Å². The number of nitrogens with zero attached hydrogens (tertiary/aromatic N) is 2. The lowest BCUT2D eigenvalue weighted by atomic mass is 10.3. The molecular weight excluding hydrogens is 246 g/mol. The molecule has 1 unspecified atom stereocenters. The summed E-state index contributed by atoms with van der Waals surface area (Å²) in [6.45, 7) is 7.93. The van der Waals surface area contributed by atoms with Gasteiger partial charge in [-0.15, -0.1) is 0 Å². The summed E-state index contributed by atoms with van der Waals surface area (Å²) in [5, 5.41) is 5.66. The zero-order chi connectivity index (χ0) is 14.4. The third-order valence-corrected chi connectivity index (χ3v) is 2.29. The van der Waals surface area contributed by atoms with E-state index in [2.05, 4.69) is 20.6 Å². The van der Waals surface area contributed by atoms with Gasteiger partial charge in [0, 0.05) is 6.54 Å². The van der Waals surface area contributed by atoms with E-state index < -0.39 is 6.04 Å². The number of nitrogens with one attached hydrogen (secondary N) is 2. The van der Waals surface area contributed by atoms with Gasteiger partial charge in [-0.25, -0.2) is 4.98 Å². The SMILES string of the molecule is CCNC(=O)C(C)Nc1ncnc(OC(C)C)c1N. The molecule has 1 aromatic heterocycles. The molecule has 0 aliphatic heterocycles. The quantitative estimate of drug-likeness (QED) is 0.704. The number of amides is 1. The van der Waals surface area contributed by atoms with E-state index in [4.69, 9.17) is 10.5 Å². The third-order valence-electron chi connectivity index (χ3n) is 2.29. The molecule has 0 fully saturated rings. The third kappa shape index (κ3) is 4.27. The standard InChI is InChI=1S/C12H21N5O2/c1-5-14-11(18)8(4)17-10-9(13)12(16-6-15-10)19-7(2)3/h6-8H,5,13H2,1-4H3,(H,14,18)(H,15,16,17). The maximum atomic E-state index is 11.6. The summed E-state index contributed by atoms with van der Waals surface area (Å²) >= 11 is 0. The molecule has 1 amide bonds. The molecule has 0 saturated heterocycles. The number of carbonyl (C=O) groups excluding carboxylic acids is 1. The molecule has 1 aromatic rings. The van der Waals surface area contributed by atoms with Gasteiger partial charge in [0.25, 0.3) is 0 Å². The number of hydrogen-bond donors (Lipinski definition) is 3. The van der Waals surface area contributed by atoms with Crippen LogP contribution in [0.25, 0.3) is 0 Å². The maximum Gasteiger partial charge on any atom is 0.242 e. The van der Waals surface area contributed by atoms with E-state index in [-0.39, 0.29) is 12.0 Å². The van der Waals surface area contributed by atoms with Crippen LogP contribution in [0.2, 0.25) is 0 Å². The lowest BCUT2D eigenvalue weighted by Gasteiger charge is -2.17. The number of rotatable bonds is 6. The van der Waals surface area contributed by atoms with Gasteiger partial charge >= 0.3 is 0 Å². The first kappa shape index (κ1) is 15.0. The number of carbonyl (C=O) groups is 1. The van der Waals surface area contributed by atoms with E-state index in [1.807, 2.05) is 20.8 Å². The van der Waals surface area contributed by atoms with E-state index in [0.29, 0.717) is 23.9 Å². The van der Waals surface area contributed by atoms with Crippen LogP contribution in [-0.4, -0.2) is 34.6 Å². The second kappa shape index (κ2) is 6.77. The monoisotopic (exact) mass is 267 g/mol. The predicted molar refractivity (Wildman–Crippen MR) is 74.0 cm³/mol. The highest BCUT2D eigenvalue weighted by Crippen LogP contribution is 2.25. The van der Waals surface area contributed by atoms with E-state index in [1.54, 1.807) is 6.92 Å². The van der Waals surface area contributed by atoms with Gasteiger partial charge in [0.05, 0.1) is 6.10 Å². The fourth-order valence-electron chi connectivity index (χ4n) is 1.41. The molecule has 0 aliphatic carbocycles. The van der Waals surface area contributed by atoms with Crippen molar-refractivity contribution < 1.29 is 9.53 Å². The lowest BCUT2D eigenvalue weighted by Crippen LogP contribution is -2.37. The Hall–Kier alpha value is -2.05. The summed E-state index contributed by atoms with van der Waals surface area (Å²) in [5.41, 5.74) is 6.21. The molecule has 0 spiro atoms. The van der Waals surface area contributed by atoms with E-state index in [1.165, 1.54) is 6.33 Å². The summed E-state index contributed by atoms with van der Waals surface area (Å²) < 4.78 is 5.46. The Morgan fingerprint density at radius 3 is 2.68 bits per heavy atom. The van der Waals surface area contributed by atoms with E-state index in [9.17, 15) is 4.79 Å². The van der Waals surface area contributed by atoms with Crippen molar-refractivity contribution in [2.24, 2.45) is 0 Å². The molecule has 1 rings (SSSR count). The van der Waals surface area contributed by atoms with Crippen molar-refractivity contribution in [1.29, 1.82) is 0 Å². The van der Waals surface area contributed by atoms with Gasteiger partial charge in [0.1, 0.15) is 18.1 Å². The smallest absolute Gasteiger partial charge is 0.242 e. The largest absolute Gasteiger partial charge is 0.473 e. The zero-order valence-corrected chi connectivity index (χ0v) is 11.7. The molecule has 106 valence electrons. The summed E-state index contributed by atoms with van der Waals surface area (Å²) in [4.78, 5) is 19.6. The molecule has 0 aromatic carbocycles. The number of likely N-dealkylation sites (N-methyl/N-ethyl adjacent to an activating group) is 1. The van der Waals surface area contributed by atoms with Gasteiger partial charge in [0.15, 0.2) is 5.82 Å². The van der Waals surface area contributed by atoms with Crippen molar-refractivity contribution in [3.05, 3.63) is 6.33 Å². The van der Waals surface area contributed by atoms with Gasteiger partial charge in [-0.2, -0.15) is 4.98 Å². The van der Waals surface area contributed by atoms with Crippen LogP contribution in [0.5, 0.6) is 5.88 Å². The first-order chi connectivity index (χ1) is 8.95. The van der Waals surface area contributed by atoms with Crippen LogP contribution in [0.15, 0.2) is 6.33 Å². The Morgan fingerprint density at radius 1 is 1.42 bits per heavy atom. The summed E-state index contributed by atoms with van der Waals surface area (Å²) in [6, 6.07) is -0.441. The molecule has 0 saturated carbocycles. The molecule has 7 nitrogen and oxygen atoms in total. The number of anilines is 2. The summed E-state index contributed by atoms with van der Waals surface area (Å²) in [7, 11) is 0. The van der Waals surface area contributed by atoms with Gasteiger partial charge in [-0.1, -0.05) is 0 Å². The number of aromatic nitrogens is 2. The minimum atomic E-state index is -0.441. The van der Waals surface area contributed by atoms with Gasteiger partial charge in [0.2, 0.25) is 11.8 Å². The van der Waals surface area contributed by atoms with Gasteiger partial charge < -0.3 is 21.1 Å². The fraction of sp³-hybridized carbons (Fsp3) is 0.583. The average Bonchev–Trinajstić information content (AvgIpc) is 2.34. The molecule has 7 heteroatoms. The molecule has 0 aliphatic rings. The average molecular weight is 267 g/mol.